The Morgan fingerprint density at radius 1 is 1.29 bits per heavy atom. The number of carboxylic acid groups (broad SMARTS) is 1. The summed E-state index contributed by atoms with van der Waals surface area (Å²) in [4.78, 5) is 13.0. The maximum atomic E-state index is 10.7. The smallest absolute Gasteiger partial charge is 0.345 e. The Bertz CT molecular complexity index is 534. The van der Waals surface area contributed by atoms with E-state index in [1.165, 1.54) is 11.3 Å². The highest BCUT2D eigenvalue weighted by atomic mass is 32.2. The number of phenolic OH excluding ortho intramolecular Hbond substituents is 1. The minimum atomic E-state index is -0.886. The third kappa shape index (κ3) is 3.25. The molecule has 0 aliphatic heterocycles. The maximum Gasteiger partial charge on any atom is 0.345 e. The zero-order valence-electron chi connectivity index (χ0n) is 8.79. The Morgan fingerprint density at radius 2 is 2.12 bits per heavy atom. The van der Waals surface area contributed by atoms with Crippen molar-refractivity contribution >= 4 is 29.1 Å². The summed E-state index contributed by atoms with van der Waals surface area (Å²) in [5.74, 6) is 0.0671. The fourth-order valence-corrected chi connectivity index (χ4v) is 3.14. The first-order chi connectivity index (χ1) is 8.15. The summed E-state index contributed by atoms with van der Waals surface area (Å²) >= 11 is 2.85. The molecule has 5 heteroatoms. The van der Waals surface area contributed by atoms with E-state index in [1.807, 2.05) is 12.1 Å². The van der Waals surface area contributed by atoms with Gasteiger partial charge < -0.3 is 10.2 Å². The lowest BCUT2D eigenvalue weighted by Crippen LogP contribution is -1.89. The van der Waals surface area contributed by atoms with Crippen LogP contribution in [0.3, 0.4) is 0 Å². The van der Waals surface area contributed by atoms with Crippen LogP contribution in [-0.4, -0.2) is 16.2 Å². The van der Waals surface area contributed by atoms with Gasteiger partial charge in [0, 0.05) is 15.5 Å². The Morgan fingerprint density at radius 3 is 2.76 bits per heavy atom. The molecule has 88 valence electrons. The van der Waals surface area contributed by atoms with Gasteiger partial charge in [0.2, 0.25) is 0 Å². The molecule has 1 heterocycles. The summed E-state index contributed by atoms with van der Waals surface area (Å²) in [5, 5.41) is 18.1. The first-order valence-electron chi connectivity index (χ1n) is 4.89. The van der Waals surface area contributed by atoms with Crippen LogP contribution in [0.15, 0.2) is 41.3 Å². The zero-order chi connectivity index (χ0) is 12.3. The molecule has 0 saturated heterocycles. The van der Waals surface area contributed by atoms with Crippen LogP contribution in [0.1, 0.15) is 14.5 Å². The molecule has 1 aromatic carbocycles. The molecular weight excluding hydrogens is 256 g/mol. The second-order valence-corrected chi connectivity index (χ2v) is 5.57. The van der Waals surface area contributed by atoms with Crippen molar-refractivity contribution in [1.29, 1.82) is 0 Å². The van der Waals surface area contributed by atoms with Gasteiger partial charge in [0.1, 0.15) is 10.6 Å². The van der Waals surface area contributed by atoms with E-state index in [1.54, 1.807) is 36.0 Å². The van der Waals surface area contributed by atoms with E-state index in [4.69, 9.17) is 5.11 Å². The maximum absolute atomic E-state index is 10.7. The van der Waals surface area contributed by atoms with Crippen molar-refractivity contribution in [3.8, 4) is 5.75 Å². The molecule has 2 N–H and O–H groups in total. The second kappa shape index (κ2) is 5.25. The van der Waals surface area contributed by atoms with Crippen LogP contribution < -0.4 is 0 Å². The third-order valence-electron chi connectivity index (χ3n) is 2.07. The number of thiophene rings is 1. The van der Waals surface area contributed by atoms with Crippen LogP contribution >= 0.6 is 23.1 Å². The van der Waals surface area contributed by atoms with Gasteiger partial charge in [0.15, 0.2) is 0 Å². The number of thioether (sulfide) groups is 1. The summed E-state index contributed by atoms with van der Waals surface area (Å²) < 4.78 is 0. The highest BCUT2D eigenvalue weighted by molar-refractivity contribution is 7.98. The number of rotatable bonds is 4. The van der Waals surface area contributed by atoms with Crippen LogP contribution in [0.25, 0.3) is 0 Å². The molecule has 0 aliphatic rings. The SMILES string of the molecule is O=C(O)c1ccc(CSc2cccc(O)c2)s1. The fraction of sp³-hybridized carbons (Fsp3) is 0.0833. The standard InChI is InChI=1S/C12H10O3S2/c13-8-2-1-3-9(6-8)16-7-10-4-5-11(17-10)12(14)15/h1-6,13H,7H2,(H,14,15). The summed E-state index contributed by atoms with van der Waals surface area (Å²) in [6, 6.07) is 10.5. The van der Waals surface area contributed by atoms with E-state index in [-0.39, 0.29) is 5.75 Å². The highest BCUT2D eigenvalue weighted by Gasteiger charge is 2.07. The first kappa shape index (κ1) is 12.0. The van der Waals surface area contributed by atoms with E-state index < -0.39 is 5.97 Å². The van der Waals surface area contributed by atoms with Gasteiger partial charge in [-0.2, -0.15) is 0 Å². The van der Waals surface area contributed by atoms with Crippen LogP contribution in [0.4, 0.5) is 0 Å². The van der Waals surface area contributed by atoms with Crippen LogP contribution in [0.2, 0.25) is 0 Å². The lowest BCUT2D eigenvalue weighted by atomic mass is 10.3. The number of carbonyl (C=O) groups is 1. The van der Waals surface area contributed by atoms with Crippen LogP contribution in [0, 0.1) is 0 Å². The van der Waals surface area contributed by atoms with Crippen molar-refractivity contribution in [2.24, 2.45) is 0 Å². The van der Waals surface area contributed by atoms with Gasteiger partial charge in [0.05, 0.1) is 0 Å². The molecule has 0 saturated carbocycles. The molecule has 0 bridgehead atoms. The van der Waals surface area contributed by atoms with Gasteiger partial charge in [-0.1, -0.05) is 6.07 Å². The topological polar surface area (TPSA) is 57.5 Å². The van der Waals surface area contributed by atoms with Gasteiger partial charge in [-0.25, -0.2) is 4.79 Å². The molecular formula is C12H10O3S2. The molecule has 0 atom stereocenters. The molecule has 0 radical (unpaired) electrons. The fourth-order valence-electron chi connectivity index (χ4n) is 1.30. The predicted octanol–water partition coefficient (Wildman–Crippen LogP) is 3.44. The molecule has 0 unspecified atom stereocenters. The van der Waals surface area contributed by atoms with E-state index in [2.05, 4.69) is 0 Å². The van der Waals surface area contributed by atoms with Gasteiger partial charge in [-0.3, -0.25) is 0 Å². The largest absolute Gasteiger partial charge is 0.508 e. The molecule has 17 heavy (non-hydrogen) atoms. The number of benzene rings is 1. The zero-order valence-corrected chi connectivity index (χ0v) is 10.4. The number of phenols is 1. The molecule has 0 aliphatic carbocycles. The van der Waals surface area contributed by atoms with E-state index in [0.717, 1.165) is 9.77 Å². The molecule has 3 nitrogen and oxygen atoms in total. The molecule has 1 aromatic heterocycles. The minimum Gasteiger partial charge on any atom is -0.508 e. The quantitative estimate of drug-likeness (QED) is 0.832. The van der Waals surface area contributed by atoms with Gasteiger partial charge in [-0.15, -0.1) is 23.1 Å². The van der Waals surface area contributed by atoms with Crippen molar-refractivity contribution < 1.29 is 15.0 Å². The van der Waals surface area contributed by atoms with Crippen molar-refractivity contribution in [2.45, 2.75) is 10.6 Å². The molecule has 2 rings (SSSR count). The minimum absolute atomic E-state index is 0.243. The Labute approximate surface area is 107 Å². The number of aromatic hydroxyl groups is 1. The summed E-state index contributed by atoms with van der Waals surface area (Å²) in [6.45, 7) is 0. The molecule has 0 amide bonds. The number of carboxylic acids is 1. The number of hydrogen-bond acceptors (Lipinski definition) is 4. The van der Waals surface area contributed by atoms with Gasteiger partial charge >= 0.3 is 5.97 Å². The van der Waals surface area contributed by atoms with E-state index in [9.17, 15) is 9.90 Å². The molecule has 0 fully saturated rings. The van der Waals surface area contributed by atoms with Gasteiger partial charge in [0.25, 0.3) is 0 Å². The normalized spacial score (nSPS) is 10.4. The first-order valence-corrected chi connectivity index (χ1v) is 6.69. The summed E-state index contributed by atoms with van der Waals surface area (Å²) in [6.07, 6.45) is 0. The summed E-state index contributed by atoms with van der Waals surface area (Å²) in [5.41, 5.74) is 0. The number of aromatic carboxylic acids is 1. The van der Waals surface area contributed by atoms with Crippen molar-refractivity contribution in [3.63, 3.8) is 0 Å². The Balaban J connectivity index is 2.00. The lowest BCUT2D eigenvalue weighted by Gasteiger charge is -2.00. The Kier molecular flexibility index (Phi) is 3.71. The van der Waals surface area contributed by atoms with Crippen LogP contribution in [0.5, 0.6) is 5.75 Å². The van der Waals surface area contributed by atoms with Crippen molar-refractivity contribution in [2.75, 3.05) is 0 Å². The third-order valence-corrected chi connectivity index (χ3v) is 4.37. The predicted molar refractivity (Wildman–Crippen MR) is 68.9 cm³/mol. The van der Waals surface area contributed by atoms with Crippen molar-refractivity contribution in [3.05, 3.63) is 46.2 Å². The van der Waals surface area contributed by atoms with Crippen molar-refractivity contribution in [1.82, 2.24) is 0 Å². The molecule has 0 spiro atoms. The number of hydrogen-bond donors (Lipinski definition) is 2. The van der Waals surface area contributed by atoms with E-state index in [0.29, 0.717) is 10.6 Å². The van der Waals surface area contributed by atoms with Crippen LogP contribution in [-0.2, 0) is 5.75 Å². The average molecular weight is 266 g/mol. The Hall–Kier alpha value is -1.46. The van der Waals surface area contributed by atoms with Gasteiger partial charge in [-0.05, 0) is 30.3 Å². The summed E-state index contributed by atoms with van der Waals surface area (Å²) in [7, 11) is 0. The van der Waals surface area contributed by atoms with E-state index >= 15 is 0 Å². The molecule has 2 aromatic rings. The second-order valence-electron chi connectivity index (χ2n) is 3.36. The average Bonchev–Trinajstić information content (AvgIpc) is 2.75. The monoisotopic (exact) mass is 266 g/mol. The highest BCUT2D eigenvalue weighted by Crippen LogP contribution is 2.28. The lowest BCUT2D eigenvalue weighted by molar-refractivity contribution is 0.0702.